The van der Waals surface area contributed by atoms with Crippen LogP contribution in [0, 0.1) is 5.92 Å². The Kier molecular flexibility index (Phi) is 5.76. The van der Waals surface area contributed by atoms with Gasteiger partial charge in [-0.25, -0.2) is 0 Å². The predicted octanol–water partition coefficient (Wildman–Crippen LogP) is 4.16. The van der Waals surface area contributed by atoms with E-state index in [9.17, 15) is 0 Å². The number of nitrogens with zero attached hydrogens (tertiary/aromatic N) is 1. The Morgan fingerprint density at radius 2 is 1.36 bits per heavy atom. The van der Waals surface area contributed by atoms with Gasteiger partial charge in [0.25, 0.3) is 0 Å². The van der Waals surface area contributed by atoms with Gasteiger partial charge in [0, 0.05) is 19.1 Å². The third kappa shape index (κ3) is 3.40. The van der Waals surface area contributed by atoms with Crippen LogP contribution >= 0.6 is 0 Å². The number of benzene rings is 2. The van der Waals surface area contributed by atoms with E-state index >= 15 is 0 Å². The largest absolute Gasteiger partial charge is 0.365 e. The zero-order chi connectivity index (χ0) is 16.0. The molecule has 0 amide bonds. The first-order valence-electron chi connectivity index (χ1n) is 8.01. The maximum absolute atomic E-state index is 6.44. The van der Waals surface area contributed by atoms with Gasteiger partial charge < -0.3 is 9.64 Å². The van der Waals surface area contributed by atoms with Crippen LogP contribution in [0.15, 0.2) is 60.7 Å². The molecule has 2 nitrogen and oxygen atoms in total. The van der Waals surface area contributed by atoms with Crippen molar-refractivity contribution in [2.24, 2.45) is 5.92 Å². The lowest BCUT2D eigenvalue weighted by molar-refractivity contribution is -0.0568. The zero-order valence-electron chi connectivity index (χ0n) is 14.1. The highest BCUT2D eigenvalue weighted by atomic mass is 16.5. The maximum atomic E-state index is 6.44. The van der Waals surface area contributed by atoms with Crippen LogP contribution in [0.4, 0.5) is 0 Å². The fraction of sp³-hybridized carbons (Fsp3) is 0.400. The zero-order valence-corrected chi connectivity index (χ0v) is 14.1. The third-order valence-corrected chi connectivity index (χ3v) is 4.11. The minimum atomic E-state index is -0.415. The van der Waals surface area contributed by atoms with Crippen molar-refractivity contribution in [3.8, 4) is 0 Å². The number of ether oxygens (including phenoxy) is 1. The quantitative estimate of drug-likeness (QED) is 0.760. The highest BCUT2D eigenvalue weighted by Gasteiger charge is 2.40. The molecule has 0 bridgehead atoms. The van der Waals surface area contributed by atoms with Gasteiger partial charge in [-0.15, -0.1) is 0 Å². The number of hydrogen-bond acceptors (Lipinski definition) is 2. The molecular weight excluding hydrogens is 270 g/mol. The van der Waals surface area contributed by atoms with Crippen LogP contribution in [0.5, 0.6) is 0 Å². The second-order valence-corrected chi connectivity index (χ2v) is 6.06. The van der Waals surface area contributed by atoms with Crippen molar-refractivity contribution >= 4 is 0 Å². The summed E-state index contributed by atoms with van der Waals surface area (Å²) in [5, 5.41) is 0. The van der Waals surface area contributed by atoms with Gasteiger partial charge in [-0.05, 0) is 32.1 Å². The molecule has 0 saturated heterocycles. The first-order chi connectivity index (χ1) is 10.6. The molecule has 118 valence electrons. The van der Waals surface area contributed by atoms with Crippen molar-refractivity contribution in [3.05, 3.63) is 71.8 Å². The second kappa shape index (κ2) is 7.57. The minimum Gasteiger partial charge on any atom is -0.365 e. The molecule has 0 fully saturated rings. The first kappa shape index (κ1) is 16.7. The smallest absolute Gasteiger partial charge is 0.122 e. The van der Waals surface area contributed by atoms with Crippen LogP contribution in [-0.2, 0) is 10.3 Å². The Labute approximate surface area is 134 Å². The van der Waals surface area contributed by atoms with E-state index in [1.165, 1.54) is 11.1 Å². The van der Waals surface area contributed by atoms with E-state index in [2.05, 4.69) is 93.5 Å². The fourth-order valence-electron chi connectivity index (χ4n) is 3.32. The molecule has 0 aromatic heterocycles. The van der Waals surface area contributed by atoms with Gasteiger partial charge in [-0.1, -0.05) is 67.6 Å². The molecule has 1 atom stereocenters. The third-order valence-electron chi connectivity index (χ3n) is 4.11. The van der Waals surface area contributed by atoms with Crippen LogP contribution < -0.4 is 0 Å². The van der Waals surface area contributed by atoms with Gasteiger partial charge in [0.15, 0.2) is 0 Å². The highest BCUT2D eigenvalue weighted by Crippen LogP contribution is 2.40. The van der Waals surface area contributed by atoms with Gasteiger partial charge in [-0.2, -0.15) is 0 Å². The molecule has 2 heteroatoms. The summed E-state index contributed by atoms with van der Waals surface area (Å²) in [6, 6.07) is 21.2. The molecule has 0 aliphatic rings. The van der Waals surface area contributed by atoms with E-state index in [1.807, 2.05) is 0 Å². The van der Waals surface area contributed by atoms with Crippen LogP contribution in [0.3, 0.4) is 0 Å². The lowest BCUT2D eigenvalue weighted by Gasteiger charge is -2.41. The van der Waals surface area contributed by atoms with Crippen LogP contribution in [0.1, 0.15) is 25.0 Å². The fourth-order valence-corrected chi connectivity index (χ4v) is 3.32. The lowest BCUT2D eigenvalue weighted by Crippen LogP contribution is -2.42. The average Bonchev–Trinajstić information content (AvgIpc) is 2.53. The second-order valence-electron chi connectivity index (χ2n) is 6.06. The standard InChI is InChI=1S/C20H27NO/c1-5-22-20(17(2)16-21(3)4,18-12-8-6-9-13-18)19-14-10-7-11-15-19/h6-15,17H,5,16H2,1-4H3. The van der Waals surface area contributed by atoms with Gasteiger partial charge in [0.05, 0.1) is 0 Å². The Balaban J connectivity index is 2.59. The van der Waals surface area contributed by atoms with Crippen molar-refractivity contribution in [1.82, 2.24) is 4.90 Å². The SMILES string of the molecule is CCOC(c1ccccc1)(c1ccccc1)C(C)CN(C)C. The molecular formula is C20H27NO. The van der Waals surface area contributed by atoms with E-state index in [4.69, 9.17) is 4.74 Å². The Morgan fingerprint density at radius 3 is 1.73 bits per heavy atom. The maximum Gasteiger partial charge on any atom is 0.122 e. The summed E-state index contributed by atoms with van der Waals surface area (Å²) in [6.07, 6.45) is 0. The van der Waals surface area contributed by atoms with E-state index in [1.54, 1.807) is 0 Å². The first-order valence-corrected chi connectivity index (χ1v) is 8.01. The summed E-state index contributed by atoms with van der Waals surface area (Å²) in [7, 11) is 4.23. The average molecular weight is 297 g/mol. The number of rotatable bonds is 7. The summed E-state index contributed by atoms with van der Waals surface area (Å²) in [4.78, 5) is 2.23. The summed E-state index contributed by atoms with van der Waals surface area (Å²) in [6.45, 7) is 5.99. The van der Waals surface area contributed by atoms with Gasteiger partial charge >= 0.3 is 0 Å². The number of hydrogen-bond donors (Lipinski definition) is 0. The molecule has 0 spiro atoms. The molecule has 0 saturated carbocycles. The summed E-state index contributed by atoms with van der Waals surface area (Å²) in [5.41, 5.74) is 2.02. The molecule has 0 aliphatic carbocycles. The van der Waals surface area contributed by atoms with E-state index < -0.39 is 5.60 Å². The summed E-state index contributed by atoms with van der Waals surface area (Å²) >= 11 is 0. The minimum absolute atomic E-state index is 0.326. The lowest BCUT2D eigenvalue weighted by atomic mass is 9.76. The molecule has 2 aromatic rings. The molecule has 1 unspecified atom stereocenters. The van der Waals surface area contributed by atoms with Crippen LogP contribution in [-0.4, -0.2) is 32.1 Å². The van der Waals surface area contributed by atoms with Crippen molar-refractivity contribution in [2.75, 3.05) is 27.2 Å². The van der Waals surface area contributed by atoms with Crippen molar-refractivity contribution in [2.45, 2.75) is 19.4 Å². The summed E-state index contributed by atoms with van der Waals surface area (Å²) in [5.74, 6) is 0.326. The normalized spacial score (nSPS) is 13.3. The van der Waals surface area contributed by atoms with Crippen LogP contribution in [0.2, 0.25) is 0 Å². The topological polar surface area (TPSA) is 12.5 Å². The van der Waals surface area contributed by atoms with Crippen molar-refractivity contribution in [3.63, 3.8) is 0 Å². The molecule has 22 heavy (non-hydrogen) atoms. The van der Waals surface area contributed by atoms with Crippen molar-refractivity contribution < 1.29 is 4.74 Å². The summed E-state index contributed by atoms with van der Waals surface area (Å²) < 4.78 is 6.44. The molecule has 2 rings (SSSR count). The van der Waals surface area contributed by atoms with Gasteiger partial charge in [-0.3, -0.25) is 0 Å². The molecule has 0 radical (unpaired) electrons. The van der Waals surface area contributed by atoms with Crippen molar-refractivity contribution in [1.29, 1.82) is 0 Å². The highest BCUT2D eigenvalue weighted by molar-refractivity contribution is 5.37. The Bertz CT molecular complexity index is 511. The Hall–Kier alpha value is -1.64. The van der Waals surface area contributed by atoms with Crippen LogP contribution in [0.25, 0.3) is 0 Å². The predicted molar refractivity (Wildman–Crippen MR) is 93.0 cm³/mol. The van der Waals surface area contributed by atoms with E-state index in [0.717, 1.165) is 6.54 Å². The van der Waals surface area contributed by atoms with Gasteiger partial charge in [0.2, 0.25) is 0 Å². The van der Waals surface area contributed by atoms with Gasteiger partial charge in [0.1, 0.15) is 5.60 Å². The van der Waals surface area contributed by atoms with E-state index in [-0.39, 0.29) is 0 Å². The monoisotopic (exact) mass is 297 g/mol. The molecule has 0 heterocycles. The molecule has 0 N–H and O–H groups in total. The molecule has 2 aromatic carbocycles. The Morgan fingerprint density at radius 1 is 0.909 bits per heavy atom. The van der Waals surface area contributed by atoms with E-state index in [0.29, 0.717) is 12.5 Å². The molecule has 0 aliphatic heterocycles.